The van der Waals surface area contributed by atoms with Crippen LogP contribution in [0.25, 0.3) is 11.2 Å². The number of nitrogens with one attached hydrogen (secondary N) is 1. The number of benzene rings is 1. The highest BCUT2D eigenvalue weighted by atomic mass is 79.9. The van der Waals surface area contributed by atoms with Crippen LogP contribution < -0.4 is 5.32 Å². The average Bonchev–Trinajstić information content (AvgIpc) is 2.99. The van der Waals surface area contributed by atoms with Crippen molar-refractivity contribution in [2.45, 2.75) is 25.5 Å². The summed E-state index contributed by atoms with van der Waals surface area (Å²) in [5, 5.41) is 3.92. The molecule has 24 heavy (non-hydrogen) atoms. The van der Waals surface area contributed by atoms with Crippen molar-refractivity contribution < 1.29 is 4.74 Å². The number of anilines is 2. The first-order valence-corrected chi connectivity index (χ1v) is 8.92. The first-order valence-electron chi connectivity index (χ1n) is 7.75. The average molecular weight is 409 g/mol. The van der Waals surface area contributed by atoms with Crippen LogP contribution in [0.3, 0.4) is 0 Å². The smallest absolute Gasteiger partial charge is 0.200 e. The van der Waals surface area contributed by atoms with Crippen molar-refractivity contribution in [2.24, 2.45) is 0 Å². The van der Waals surface area contributed by atoms with Gasteiger partial charge in [-0.25, -0.2) is 15.0 Å². The minimum Gasteiger partial charge on any atom is -0.358 e. The number of hydrogen-bond acceptors (Lipinski definition) is 5. The summed E-state index contributed by atoms with van der Waals surface area (Å²) in [6, 6.07) is 7.47. The molecule has 3 aromatic rings. The molecule has 124 valence electrons. The molecule has 0 spiro atoms. The predicted molar refractivity (Wildman–Crippen MR) is 96.6 cm³/mol. The lowest BCUT2D eigenvalue weighted by molar-refractivity contribution is -0.0298. The summed E-state index contributed by atoms with van der Waals surface area (Å²) in [6.45, 7) is 0.768. The maximum Gasteiger partial charge on any atom is 0.200 e. The minimum atomic E-state index is -0.0235. The van der Waals surface area contributed by atoms with Crippen molar-refractivity contribution in [3.63, 3.8) is 0 Å². The Morgan fingerprint density at radius 1 is 1.29 bits per heavy atom. The molecule has 1 N–H and O–H groups in total. The van der Waals surface area contributed by atoms with Gasteiger partial charge in [-0.05, 0) is 53.4 Å². The topological polar surface area (TPSA) is 64.9 Å². The van der Waals surface area contributed by atoms with Crippen LogP contribution in [0.15, 0.2) is 35.3 Å². The van der Waals surface area contributed by atoms with E-state index in [4.69, 9.17) is 16.3 Å². The number of nitrogens with zero attached hydrogens (tertiary/aromatic N) is 4. The highest BCUT2D eigenvalue weighted by Gasteiger charge is 2.21. The van der Waals surface area contributed by atoms with Crippen molar-refractivity contribution >= 4 is 50.2 Å². The van der Waals surface area contributed by atoms with Crippen molar-refractivity contribution in [2.75, 3.05) is 11.9 Å². The summed E-state index contributed by atoms with van der Waals surface area (Å²) in [5.74, 6) is 0.628. The lowest BCUT2D eigenvalue weighted by atomic mass is 10.2. The Labute approximate surface area is 152 Å². The first kappa shape index (κ1) is 15.8. The summed E-state index contributed by atoms with van der Waals surface area (Å²) >= 11 is 9.43. The Morgan fingerprint density at radius 3 is 3.00 bits per heavy atom. The Morgan fingerprint density at radius 2 is 2.21 bits per heavy atom. The zero-order valence-electron chi connectivity index (χ0n) is 12.7. The second kappa shape index (κ2) is 6.66. The van der Waals surface area contributed by atoms with E-state index in [0.29, 0.717) is 21.1 Å². The van der Waals surface area contributed by atoms with Gasteiger partial charge in [0.2, 0.25) is 4.73 Å². The van der Waals surface area contributed by atoms with E-state index in [0.717, 1.165) is 37.2 Å². The van der Waals surface area contributed by atoms with Gasteiger partial charge in [-0.3, -0.25) is 4.57 Å². The zero-order valence-corrected chi connectivity index (χ0v) is 15.1. The van der Waals surface area contributed by atoms with Crippen molar-refractivity contribution in [3.8, 4) is 0 Å². The Hall–Kier alpha value is -1.70. The van der Waals surface area contributed by atoms with E-state index in [1.54, 1.807) is 6.33 Å². The molecule has 4 rings (SSSR count). The molecule has 3 heterocycles. The molecule has 0 saturated carbocycles. The standard InChI is InChI=1S/C16H15BrClN5O/c17-16-21-14(20-11-5-3-4-10(18)8-11)13-15(22-16)23(9-19-13)12-6-1-2-7-24-12/h3-5,8-9,12H,1-2,6-7H2,(H,20,21,22). The summed E-state index contributed by atoms with van der Waals surface area (Å²) in [4.78, 5) is 13.4. The third-order valence-corrected chi connectivity index (χ3v) is 4.54. The molecule has 1 aliphatic heterocycles. The third kappa shape index (κ3) is 3.11. The number of fused-ring (bicyclic) bond motifs is 1. The second-order valence-corrected chi connectivity index (χ2v) is 6.77. The zero-order chi connectivity index (χ0) is 16.5. The molecule has 1 aromatic carbocycles. The van der Waals surface area contributed by atoms with Gasteiger partial charge in [-0.2, -0.15) is 0 Å². The van der Waals surface area contributed by atoms with Crippen LogP contribution in [0.4, 0.5) is 11.5 Å². The van der Waals surface area contributed by atoms with Crippen LogP contribution in [-0.2, 0) is 4.74 Å². The van der Waals surface area contributed by atoms with E-state index in [1.165, 1.54) is 0 Å². The molecule has 1 fully saturated rings. The minimum absolute atomic E-state index is 0.0235. The fraction of sp³-hybridized carbons (Fsp3) is 0.312. The van der Waals surface area contributed by atoms with Crippen LogP contribution in [0, 0.1) is 0 Å². The largest absolute Gasteiger partial charge is 0.358 e. The number of aromatic nitrogens is 4. The Kier molecular flexibility index (Phi) is 4.39. The van der Waals surface area contributed by atoms with E-state index in [1.807, 2.05) is 28.8 Å². The molecule has 1 unspecified atom stereocenters. The van der Waals surface area contributed by atoms with Gasteiger partial charge in [-0.1, -0.05) is 17.7 Å². The van der Waals surface area contributed by atoms with Crippen LogP contribution in [0.2, 0.25) is 5.02 Å². The second-order valence-electron chi connectivity index (χ2n) is 5.62. The van der Waals surface area contributed by atoms with E-state index < -0.39 is 0 Å². The van der Waals surface area contributed by atoms with Gasteiger partial charge < -0.3 is 10.1 Å². The number of hydrogen-bond donors (Lipinski definition) is 1. The van der Waals surface area contributed by atoms with Crippen LogP contribution in [-0.4, -0.2) is 26.1 Å². The van der Waals surface area contributed by atoms with Crippen molar-refractivity contribution in [1.82, 2.24) is 19.5 Å². The van der Waals surface area contributed by atoms with Gasteiger partial charge in [0.05, 0.1) is 6.33 Å². The lowest BCUT2D eigenvalue weighted by Crippen LogP contribution is -2.17. The van der Waals surface area contributed by atoms with Crippen molar-refractivity contribution in [1.29, 1.82) is 0 Å². The molecular formula is C16H15BrClN5O. The maximum atomic E-state index is 6.05. The quantitative estimate of drug-likeness (QED) is 0.637. The molecule has 8 heteroatoms. The normalized spacial score (nSPS) is 18.0. The first-order chi connectivity index (χ1) is 11.7. The fourth-order valence-electron chi connectivity index (χ4n) is 2.83. The van der Waals surface area contributed by atoms with E-state index in [-0.39, 0.29) is 6.23 Å². The molecule has 0 bridgehead atoms. The summed E-state index contributed by atoms with van der Waals surface area (Å²) in [7, 11) is 0. The fourth-order valence-corrected chi connectivity index (χ4v) is 3.37. The molecule has 0 radical (unpaired) electrons. The van der Waals surface area contributed by atoms with E-state index >= 15 is 0 Å². The number of ether oxygens (including phenoxy) is 1. The van der Waals surface area contributed by atoms with Crippen LogP contribution in [0.5, 0.6) is 0 Å². The van der Waals surface area contributed by atoms with Gasteiger partial charge in [0.25, 0.3) is 0 Å². The number of halogens is 2. The summed E-state index contributed by atoms with van der Waals surface area (Å²) in [5.41, 5.74) is 2.29. The van der Waals surface area contributed by atoms with Gasteiger partial charge >= 0.3 is 0 Å². The molecule has 1 aliphatic rings. The molecule has 2 aromatic heterocycles. The highest BCUT2D eigenvalue weighted by molar-refractivity contribution is 9.10. The van der Waals surface area contributed by atoms with Crippen molar-refractivity contribution in [3.05, 3.63) is 40.3 Å². The van der Waals surface area contributed by atoms with Gasteiger partial charge in [0.1, 0.15) is 6.23 Å². The van der Waals surface area contributed by atoms with Crippen LogP contribution >= 0.6 is 27.5 Å². The summed E-state index contributed by atoms with van der Waals surface area (Å²) < 4.78 is 8.33. The monoisotopic (exact) mass is 407 g/mol. The molecular weight excluding hydrogens is 394 g/mol. The molecule has 0 amide bonds. The summed E-state index contributed by atoms with van der Waals surface area (Å²) in [6.07, 6.45) is 4.95. The molecule has 0 aliphatic carbocycles. The highest BCUT2D eigenvalue weighted by Crippen LogP contribution is 2.30. The lowest BCUT2D eigenvalue weighted by Gasteiger charge is -2.23. The SMILES string of the molecule is Clc1cccc(Nc2nc(Br)nc3c2ncn3C2CCCCO2)c1. The predicted octanol–water partition coefficient (Wildman–Crippen LogP) is 4.68. The molecule has 6 nitrogen and oxygen atoms in total. The third-order valence-electron chi connectivity index (χ3n) is 3.95. The van der Waals surface area contributed by atoms with Crippen LogP contribution in [0.1, 0.15) is 25.5 Å². The number of imidazole rings is 1. The number of rotatable bonds is 3. The molecule has 1 saturated heterocycles. The van der Waals surface area contributed by atoms with Gasteiger partial charge in [0, 0.05) is 17.3 Å². The van der Waals surface area contributed by atoms with Gasteiger partial charge in [0.15, 0.2) is 17.0 Å². The van der Waals surface area contributed by atoms with E-state index in [2.05, 4.69) is 36.2 Å². The molecule has 1 atom stereocenters. The van der Waals surface area contributed by atoms with Gasteiger partial charge in [-0.15, -0.1) is 0 Å². The van der Waals surface area contributed by atoms with E-state index in [9.17, 15) is 0 Å². The Balaban J connectivity index is 1.74. The maximum absolute atomic E-state index is 6.05. The Bertz CT molecular complexity index is 878.